The van der Waals surface area contributed by atoms with E-state index >= 15 is 0 Å². The van der Waals surface area contributed by atoms with Gasteiger partial charge in [-0.25, -0.2) is 4.98 Å². The Morgan fingerprint density at radius 2 is 1.86 bits per heavy atom. The smallest absolute Gasteiger partial charge is 0.232 e. The lowest BCUT2D eigenvalue weighted by atomic mass is 9.92. The molecule has 1 heterocycles. The van der Waals surface area contributed by atoms with Crippen LogP contribution in [-0.4, -0.2) is 12.1 Å². The summed E-state index contributed by atoms with van der Waals surface area (Å²) in [7, 11) is 1.58. The van der Waals surface area contributed by atoms with Crippen molar-refractivity contribution in [3.8, 4) is 23.1 Å². The number of hydrogen-bond acceptors (Lipinski definition) is 3. The molecule has 21 heavy (non-hydrogen) atoms. The lowest BCUT2D eigenvalue weighted by Crippen LogP contribution is -2.05. The first-order valence-electron chi connectivity index (χ1n) is 7.40. The second kappa shape index (κ2) is 5.97. The summed E-state index contributed by atoms with van der Waals surface area (Å²) in [6.07, 6.45) is 5.49. The number of nitriles is 1. The van der Waals surface area contributed by atoms with Crippen LogP contribution in [0.1, 0.15) is 36.1 Å². The van der Waals surface area contributed by atoms with E-state index in [0.717, 1.165) is 42.5 Å². The van der Waals surface area contributed by atoms with Crippen LogP contribution < -0.4 is 4.74 Å². The molecule has 0 bridgehead atoms. The number of aromatic nitrogens is 1. The summed E-state index contributed by atoms with van der Waals surface area (Å²) in [5.74, 6) is 0.456. The maximum Gasteiger partial charge on any atom is 0.232 e. The van der Waals surface area contributed by atoms with Crippen molar-refractivity contribution in [1.82, 2.24) is 4.98 Å². The SMILES string of the molecule is COc1nc2c(c(-c3ccccc3)c1C#N)CCCCC2. The quantitative estimate of drug-likeness (QED) is 0.783. The van der Waals surface area contributed by atoms with Crippen LogP contribution in [0.2, 0.25) is 0 Å². The molecule has 0 saturated heterocycles. The molecule has 0 radical (unpaired) electrons. The first-order valence-corrected chi connectivity index (χ1v) is 7.40. The predicted molar refractivity (Wildman–Crippen MR) is 82.2 cm³/mol. The predicted octanol–water partition coefficient (Wildman–Crippen LogP) is 3.90. The highest BCUT2D eigenvalue weighted by molar-refractivity contribution is 5.76. The van der Waals surface area contributed by atoms with Crippen molar-refractivity contribution < 1.29 is 4.74 Å². The van der Waals surface area contributed by atoms with Crippen molar-refractivity contribution in [2.24, 2.45) is 0 Å². The van der Waals surface area contributed by atoms with Gasteiger partial charge >= 0.3 is 0 Å². The Hall–Kier alpha value is -2.34. The summed E-state index contributed by atoms with van der Waals surface area (Å²) < 4.78 is 5.37. The zero-order valence-electron chi connectivity index (χ0n) is 12.2. The fraction of sp³-hybridized carbons (Fsp3) is 0.333. The van der Waals surface area contributed by atoms with E-state index in [1.807, 2.05) is 18.2 Å². The normalized spacial score (nSPS) is 13.9. The monoisotopic (exact) mass is 278 g/mol. The fourth-order valence-corrected chi connectivity index (χ4v) is 3.07. The Labute approximate surface area is 125 Å². The summed E-state index contributed by atoms with van der Waals surface area (Å²) in [5, 5.41) is 9.59. The van der Waals surface area contributed by atoms with E-state index in [1.54, 1.807) is 7.11 Å². The summed E-state index contributed by atoms with van der Waals surface area (Å²) >= 11 is 0. The number of fused-ring (bicyclic) bond motifs is 1. The summed E-state index contributed by atoms with van der Waals surface area (Å²) in [6.45, 7) is 0. The van der Waals surface area contributed by atoms with Crippen LogP contribution in [0.5, 0.6) is 5.88 Å². The lowest BCUT2D eigenvalue weighted by Gasteiger charge is -2.16. The maximum absolute atomic E-state index is 9.59. The van der Waals surface area contributed by atoms with E-state index in [2.05, 4.69) is 23.2 Å². The van der Waals surface area contributed by atoms with Crippen LogP contribution in [0.15, 0.2) is 30.3 Å². The minimum absolute atomic E-state index is 0.456. The van der Waals surface area contributed by atoms with Crippen LogP contribution in [-0.2, 0) is 12.8 Å². The van der Waals surface area contributed by atoms with Crippen molar-refractivity contribution in [3.05, 3.63) is 47.2 Å². The zero-order valence-corrected chi connectivity index (χ0v) is 12.2. The summed E-state index contributed by atoms with van der Waals surface area (Å²) in [6, 6.07) is 12.4. The van der Waals surface area contributed by atoms with Gasteiger partial charge < -0.3 is 4.74 Å². The highest BCUT2D eigenvalue weighted by Crippen LogP contribution is 2.36. The van der Waals surface area contributed by atoms with E-state index in [9.17, 15) is 5.26 Å². The molecule has 106 valence electrons. The highest BCUT2D eigenvalue weighted by atomic mass is 16.5. The topological polar surface area (TPSA) is 45.9 Å². The second-order valence-corrected chi connectivity index (χ2v) is 5.33. The summed E-state index contributed by atoms with van der Waals surface area (Å²) in [5.41, 5.74) is 4.98. The Balaban J connectivity index is 2.31. The van der Waals surface area contributed by atoms with Gasteiger partial charge in [0.2, 0.25) is 5.88 Å². The van der Waals surface area contributed by atoms with Crippen LogP contribution >= 0.6 is 0 Å². The molecule has 1 aliphatic carbocycles. The van der Waals surface area contributed by atoms with E-state index in [1.165, 1.54) is 12.0 Å². The Morgan fingerprint density at radius 3 is 2.57 bits per heavy atom. The van der Waals surface area contributed by atoms with Gasteiger partial charge in [-0.2, -0.15) is 5.26 Å². The standard InChI is InChI=1S/C18H18N2O/c1-21-18-15(12-19)17(13-8-4-2-5-9-13)14-10-6-3-7-11-16(14)20-18/h2,4-5,8-9H,3,6-7,10-11H2,1H3. The molecule has 0 N–H and O–H groups in total. The molecule has 1 aliphatic rings. The lowest BCUT2D eigenvalue weighted by molar-refractivity contribution is 0.395. The molecular weight excluding hydrogens is 260 g/mol. The van der Waals surface area contributed by atoms with Gasteiger partial charge in [-0.05, 0) is 36.8 Å². The molecule has 3 heteroatoms. The number of aryl methyl sites for hydroxylation is 1. The number of nitrogens with zero attached hydrogens (tertiary/aromatic N) is 2. The van der Waals surface area contributed by atoms with Crippen LogP contribution in [0.3, 0.4) is 0 Å². The summed E-state index contributed by atoms with van der Waals surface area (Å²) in [4.78, 5) is 4.60. The number of benzene rings is 1. The average Bonchev–Trinajstić information content (AvgIpc) is 2.78. The molecule has 1 aromatic heterocycles. The van der Waals surface area contributed by atoms with Gasteiger partial charge in [-0.1, -0.05) is 36.8 Å². The van der Waals surface area contributed by atoms with Crippen LogP contribution in [0.4, 0.5) is 0 Å². The zero-order chi connectivity index (χ0) is 14.7. The molecule has 0 saturated carbocycles. The second-order valence-electron chi connectivity index (χ2n) is 5.33. The molecule has 0 amide bonds. The van der Waals surface area contributed by atoms with Crippen molar-refractivity contribution in [3.63, 3.8) is 0 Å². The molecule has 0 fully saturated rings. The van der Waals surface area contributed by atoms with E-state index in [0.29, 0.717) is 11.4 Å². The third-order valence-electron chi connectivity index (χ3n) is 4.06. The minimum atomic E-state index is 0.456. The van der Waals surface area contributed by atoms with Gasteiger partial charge in [0.05, 0.1) is 7.11 Å². The van der Waals surface area contributed by atoms with Gasteiger partial charge in [0.25, 0.3) is 0 Å². The molecular formula is C18H18N2O. The molecule has 0 atom stereocenters. The van der Waals surface area contributed by atoms with Crippen molar-refractivity contribution >= 4 is 0 Å². The van der Waals surface area contributed by atoms with Gasteiger partial charge in [-0.15, -0.1) is 0 Å². The van der Waals surface area contributed by atoms with E-state index in [-0.39, 0.29) is 0 Å². The van der Waals surface area contributed by atoms with E-state index in [4.69, 9.17) is 4.74 Å². The molecule has 0 spiro atoms. The van der Waals surface area contributed by atoms with Crippen molar-refractivity contribution in [2.45, 2.75) is 32.1 Å². The highest BCUT2D eigenvalue weighted by Gasteiger charge is 2.22. The third-order valence-corrected chi connectivity index (χ3v) is 4.06. The molecule has 0 aliphatic heterocycles. The van der Waals surface area contributed by atoms with Crippen LogP contribution in [0, 0.1) is 11.3 Å². The Morgan fingerprint density at radius 1 is 1.10 bits per heavy atom. The maximum atomic E-state index is 9.59. The van der Waals surface area contributed by atoms with Crippen LogP contribution in [0.25, 0.3) is 11.1 Å². The van der Waals surface area contributed by atoms with Crippen molar-refractivity contribution in [1.29, 1.82) is 5.26 Å². The van der Waals surface area contributed by atoms with Crippen molar-refractivity contribution in [2.75, 3.05) is 7.11 Å². The first-order chi connectivity index (χ1) is 10.3. The molecule has 1 aromatic carbocycles. The largest absolute Gasteiger partial charge is 0.480 e. The molecule has 3 rings (SSSR count). The number of pyridine rings is 1. The third kappa shape index (κ3) is 2.50. The van der Waals surface area contributed by atoms with Gasteiger partial charge in [0.1, 0.15) is 11.6 Å². The van der Waals surface area contributed by atoms with Gasteiger partial charge in [0.15, 0.2) is 0 Å². The number of ether oxygens (including phenoxy) is 1. The number of methoxy groups -OCH3 is 1. The van der Waals surface area contributed by atoms with Gasteiger partial charge in [0, 0.05) is 11.3 Å². The number of rotatable bonds is 2. The molecule has 0 unspecified atom stereocenters. The van der Waals surface area contributed by atoms with E-state index < -0.39 is 0 Å². The first kappa shape index (κ1) is 13.6. The Bertz CT molecular complexity index is 687. The average molecular weight is 278 g/mol. The molecule has 3 nitrogen and oxygen atoms in total. The molecule has 2 aromatic rings. The number of hydrogen-bond donors (Lipinski definition) is 0. The minimum Gasteiger partial charge on any atom is -0.480 e. The van der Waals surface area contributed by atoms with Gasteiger partial charge in [-0.3, -0.25) is 0 Å². The fourth-order valence-electron chi connectivity index (χ4n) is 3.07. The Kier molecular flexibility index (Phi) is 3.87.